The number of carbonyl (C=O) groups is 2. The van der Waals surface area contributed by atoms with Gasteiger partial charge in [-0.1, -0.05) is 6.42 Å². The summed E-state index contributed by atoms with van der Waals surface area (Å²) < 4.78 is 4.99. The van der Waals surface area contributed by atoms with Crippen LogP contribution >= 0.6 is 0 Å². The Hall–Kier alpha value is -1.06. The Morgan fingerprint density at radius 1 is 1.27 bits per heavy atom. The summed E-state index contributed by atoms with van der Waals surface area (Å²) in [6.45, 7) is 5.23. The molecular weight excluding hydrogens is 194 g/mol. The number of esters is 1. The van der Waals surface area contributed by atoms with Crippen LogP contribution in [0.5, 0.6) is 0 Å². The second-order valence-electron chi connectivity index (χ2n) is 4.34. The monoisotopic (exact) mass is 213 g/mol. The van der Waals surface area contributed by atoms with E-state index < -0.39 is 6.04 Å². The van der Waals surface area contributed by atoms with E-state index in [9.17, 15) is 9.59 Å². The Balaban J connectivity index is 2.30. The Labute approximate surface area is 90.4 Å². The van der Waals surface area contributed by atoms with E-state index in [-0.39, 0.29) is 23.9 Å². The maximum atomic E-state index is 11.5. The molecule has 1 aliphatic carbocycles. The van der Waals surface area contributed by atoms with Crippen molar-refractivity contribution in [2.24, 2.45) is 5.92 Å². The normalized spacial score (nSPS) is 18.1. The quantitative estimate of drug-likeness (QED) is 0.715. The molecule has 1 fully saturated rings. The van der Waals surface area contributed by atoms with E-state index in [1.807, 2.05) is 0 Å². The van der Waals surface area contributed by atoms with Crippen LogP contribution in [0.4, 0.5) is 0 Å². The van der Waals surface area contributed by atoms with Crippen molar-refractivity contribution in [3.63, 3.8) is 0 Å². The van der Waals surface area contributed by atoms with Crippen LogP contribution in [-0.2, 0) is 14.3 Å². The predicted molar refractivity (Wildman–Crippen MR) is 56.2 cm³/mol. The van der Waals surface area contributed by atoms with Gasteiger partial charge in [-0.15, -0.1) is 0 Å². The first-order valence-electron chi connectivity index (χ1n) is 5.51. The largest absolute Gasteiger partial charge is 0.461 e. The van der Waals surface area contributed by atoms with Crippen LogP contribution in [0, 0.1) is 5.92 Å². The first kappa shape index (κ1) is 12.0. The zero-order chi connectivity index (χ0) is 11.4. The number of rotatable bonds is 4. The molecule has 0 unspecified atom stereocenters. The summed E-state index contributed by atoms with van der Waals surface area (Å²) in [5, 5.41) is 2.67. The van der Waals surface area contributed by atoms with Crippen LogP contribution in [-0.4, -0.2) is 24.0 Å². The fourth-order valence-electron chi connectivity index (χ4n) is 1.39. The number of carbonyl (C=O) groups excluding carboxylic acids is 2. The summed E-state index contributed by atoms with van der Waals surface area (Å²) >= 11 is 0. The van der Waals surface area contributed by atoms with Crippen molar-refractivity contribution in [1.29, 1.82) is 0 Å². The van der Waals surface area contributed by atoms with E-state index in [4.69, 9.17) is 4.74 Å². The van der Waals surface area contributed by atoms with Gasteiger partial charge in [0.2, 0.25) is 5.91 Å². The van der Waals surface area contributed by atoms with E-state index in [0.717, 1.165) is 19.3 Å². The van der Waals surface area contributed by atoms with Crippen molar-refractivity contribution in [3.8, 4) is 0 Å². The van der Waals surface area contributed by atoms with E-state index >= 15 is 0 Å². The number of nitrogens with one attached hydrogen (secondary N) is 1. The maximum absolute atomic E-state index is 11.5. The summed E-state index contributed by atoms with van der Waals surface area (Å²) in [5.41, 5.74) is 0. The average Bonchev–Trinajstić information content (AvgIpc) is 1.98. The van der Waals surface area contributed by atoms with Gasteiger partial charge in [-0.05, 0) is 33.6 Å². The highest BCUT2D eigenvalue weighted by Crippen LogP contribution is 2.26. The molecule has 0 spiro atoms. The van der Waals surface area contributed by atoms with Gasteiger partial charge in [0.25, 0.3) is 0 Å². The Bertz CT molecular complexity index is 246. The highest BCUT2D eigenvalue weighted by Gasteiger charge is 2.28. The van der Waals surface area contributed by atoms with Crippen molar-refractivity contribution in [3.05, 3.63) is 0 Å². The molecule has 0 aliphatic heterocycles. The molecule has 1 atom stereocenters. The molecule has 86 valence electrons. The van der Waals surface area contributed by atoms with Crippen LogP contribution in [0.3, 0.4) is 0 Å². The molecule has 1 rings (SSSR count). The molecule has 4 heteroatoms. The number of hydrogen-bond acceptors (Lipinski definition) is 3. The van der Waals surface area contributed by atoms with E-state index in [2.05, 4.69) is 5.32 Å². The number of hydrogen-bond donors (Lipinski definition) is 1. The summed E-state index contributed by atoms with van der Waals surface area (Å²) in [4.78, 5) is 22.9. The first-order chi connectivity index (χ1) is 7.00. The third-order valence-corrected chi connectivity index (χ3v) is 2.54. The minimum Gasteiger partial charge on any atom is -0.461 e. The third kappa shape index (κ3) is 3.53. The molecule has 1 aliphatic rings. The maximum Gasteiger partial charge on any atom is 0.328 e. The van der Waals surface area contributed by atoms with Crippen molar-refractivity contribution < 1.29 is 14.3 Å². The molecule has 0 heterocycles. The standard InChI is InChI=1S/C11H19NO3/c1-7(2)15-11(14)8(3)12-10(13)9-5-4-6-9/h7-9H,4-6H2,1-3H3,(H,12,13)/t8-/m0/s1. The minimum absolute atomic E-state index is 0.0190. The Morgan fingerprint density at radius 3 is 2.27 bits per heavy atom. The van der Waals surface area contributed by atoms with E-state index in [0.29, 0.717) is 0 Å². The summed E-state index contributed by atoms with van der Waals surface area (Å²) in [6.07, 6.45) is 2.86. The lowest BCUT2D eigenvalue weighted by Crippen LogP contribution is -2.44. The molecule has 0 radical (unpaired) electrons. The molecule has 0 saturated heterocycles. The number of amides is 1. The first-order valence-corrected chi connectivity index (χ1v) is 5.51. The van der Waals surface area contributed by atoms with Crippen molar-refractivity contribution in [1.82, 2.24) is 5.32 Å². The van der Waals surface area contributed by atoms with Gasteiger partial charge in [0, 0.05) is 5.92 Å². The smallest absolute Gasteiger partial charge is 0.328 e. The lowest BCUT2D eigenvalue weighted by molar-refractivity contribution is -0.151. The zero-order valence-electron chi connectivity index (χ0n) is 9.58. The molecule has 4 nitrogen and oxygen atoms in total. The van der Waals surface area contributed by atoms with E-state index in [1.165, 1.54) is 0 Å². The topological polar surface area (TPSA) is 55.4 Å². The van der Waals surface area contributed by atoms with Crippen LogP contribution in [0.2, 0.25) is 0 Å². The SMILES string of the molecule is CC(C)OC(=O)[C@H](C)NC(=O)C1CCC1. The Morgan fingerprint density at radius 2 is 1.87 bits per heavy atom. The molecule has 15 heavy (non-hydrogen) atoms. The van der Waals surface area contributed by atoms with Crippen molar-refractivity contribution in [2.75, 3.05) is 0 Å². The fourth-order valence-corrected chi connectivity index (χ4v) is 1.39. The highest BCUT2D eigenvalue weighted by atomic mass is 16.5. The fraction of sp³-hybridized carbons (Fsp3) is 0.818. The molecule has 0 aromatic rings. The molecule has 0 aromatic heterocycles. The van der Waals surface area contributed by atoms with Gasteiger partial charge in [0.05, 0.1) is 6.10 Å². The van der Waals surface area contributed by atoms with Gasteiger partial charge < -0.3 is 10.1 Å². The van der Waals surface area contributed by atoms with Crippen molar-refractivity contribution >= 4 is 11.9 Å². The predicted octanol–water partition coefficient (Wildman–Crippen LogP) is 1.24. The molecular formula is C11H19NO3. The second-order valence-corrected chi connectivity index (χ2v) is 4.34. The van der Waals surface area contributed by atoms with Gasteiger partial charge in [0.15, 0.2) is 0 Å². The molecule has 1 amide bonds. The van der Waals surface area contributed by atoms with Gasteiger partial charge in [-0.2, -0.15) is 0 Å². The molecule has 1 N–H and O–H groups in total. The second kappa shape index (κ2) is 5.14. The zero-order valence-corrected chi connectivity index (χ0v) is 9.58. The third-order valence-electron chi connectivity index (χ3n) is 2.54. The summed E-state index contributed by atoms with van der Waals surface area (Å²) in [5.74, 6) is -0.272. The van der Waals surface area contributed by atoms with Crippen LogP contribution in [0.1, 0.15) is 40.0 Å². The van der Waals surface area contributed by atoms with Crippen LogP contribution in [0.15, 0.2) is 0 Å². The number of ether oxygens (including phenoxy) is 1. The van der Waals surface area contributed by atoms with Gasteiger partial charge >= 0.3 is 5.97 Å². The lowest BCUT2D eigenvalue weighted by Gasteiger charge is -2.25. The van der Waals surface area contributed by atoms with Gasteiger partial charge in [-0.25, -0.2) is 4.79 Å². The lowest BCUT2D eigenvalue weighted by atomic mass is 9.84. The molecule has 0 aromatic carbocycles. The van der Waals surface area contributed by atoms with Gasteiger partial charge in [-0.3, -0.25) is 4.79 Å². The molecule has 1 saturated carbocycles. The average molecular weight is 213 g/mol. The Kier molecular flexibility index (Phi) is 4.12. The molecule has 0 bridgehead atoms. The minimum atomic E-state index is -0.541. The van der Waals surface area contributed by atoms with Crippen LogP contribution in [0.25, 0.3) is 0 Å². The van der Waals surface area contributed by atoms with Gasteiger partial charge in [0.1, 0.15) is 6.04 Å². The van der Waals surface area contributed by atoms with E-state index in [1.54, 1.807) is 20.8 Å². The van der Waals surface area contributed by atoms with Crippen LogP contribution < -0.4 is 5.32 Å². The van der Waals surface area contributed by atoms with Crippen molar-refractivity contribution in [2.45, 2.75) is 52.2 Å². The summed E-state index contributed by atoms with van der Waals surface area (Å²) in [7, 11) is 0. The highest BCUT2D eigenvalue weighted by molar-refractivity contribution is 5.85. The summed E-state index contributed by atoms with van der Waals surface area (Å²) in [6, 6.07) is -0.541.